The van der Waals surface area contributed by atoms with Crippen LogP contribution < -0.4 is 5.73 Å². The van der Waals surface area contributed by atoms with Gasteiger partial charge in [0.15, 0.2) is 5.78 Å². The van der Waals surface area contributed by atoms with Crippen LogP contribution in [0.25, 0.3) is 0 Å². The first-order valence-electron chi connectivity index (χ1n) is 6.91. The number of Topliss-reactive ketones (excluding diaryl/α,β-unsaturated/α-hetero) is 1. The molecule has 1 atom stereocenters. The van der Waals surface area contributed by atoms with Gasteiger partial charge in [0.1, 0.15) is 17.4 Å². The lowest BCUT2D eigenvalue weighted by Crippen LogP contribution is -2.33. The minimum Gasteiger partial charge on any atom is -0.444 e. The average molecular weight is 335 g/mol. The van der Waals surface area contributed by atoms with Gasteiger partial charge in [-0.15, -0.1) is 11.3 Å². The summed E-state index contributed by atoms with van der Waals surface area (Å²) in [5, 5.41) is 9.45. The van der Waals surface area contributed by atoms with Crippen molar-refractivity contribution in [2.45, 2.75) is 32.6 Å². The van der Waals surface area contributed by atoms with E-state index in [2.05, 4.69) is 6.07 Å². The lowest BCUT2D eigenvalue weighted by atomic mass is 9.71. The van der Waals surface area contributed by atoms with Crippen LogP contribution in [0.3, 0.4) is 0 Å². The topological polar surface area (TPSA) is 76.1 Å². The quantitative estimate of drug-likeness (QED) is 0.846. The van der Waals surface area contributed by atoms with Gasteiger partial charge in [0, 0.05) is 23.3 Å². The van der Waals surface area contributed by atoms with Crippen LogP contribution in [0.5, 0.6) is 0 Å². The summed E-state index contributed by atoms with van der Waals surface area (Å²) < 4.78 is 6.24. The molecule has 1 aliphatic carbocycles. The number of carbonyl (C=O) groups excluding carboxylic acids is 1. The monoisotopic (exact) mass is 334 g/mol. The first-order chi connectivity index (χ1) is 10.3. The highest BCUT2D eigenvalue weighted by atomic mass is 35.5. The van der Waals surface area contributed by atoms with Gasteiger partial charge in [0.2, 0.25) is 5.88 Å². The Kier molecular flexibility index (Phi) is 3.54. The van der Waals surface area contributed by atoms with E-state index in [4.69, 9.17) is 22.1 Å². The molecule has 2 aliphatic rings. The van der Waals surface area contributed by atoms with Crippen molar-refractivity contribution in [1.29, 1.82) is 5.26 Å². The van der Waals surface area contributed by atoms with Gasteiger partial charge in [0.25, 0.3) is 0 Å². The zero-order chi connectivity index (χ0) is 16.1. The first-order valence-corrected chi connectivity index (χ1v) is 8.11. The van der Waals surface area contributed by atoms with Gasteiger partial charge >= 0.3 is 0 Å². The molecule has 3 rings (SSSR count). The molecule has 2 N–H and O–H groups in total. The third-order valence-electron chi connectivity index (χ3n) is 3.95. The molecule has 0 aromatic carbocycles. The van der Waals surface area contributed by atoms with Crippen molar-refractivity contribution in [2.75, 3.05) is 0 Å². The lowest BCUT2D eigenvalue weighted by molar-refractivity contribution is -0.119. The van der Waals surface area contributed by atoms with Crippen molar-refractivity contribution in [3.8, 4) is 6.07 Å². The molecule has 2 heterocycles. The zero-order valence-electron chi connectivity index (χ0n) is 12.3. The standard InChI is InChI=1S/C16H15ClN2O2S/c1-16(2)5-9(20)14-10(6-16)21-15(19)8(7-18)13(14)11-3-4-12(17)22-11/h3-4,13H,5-6,19H2,1-2H3. The van der Waals surface area contributed by atoms with Gasteiger partial charge in [-0.05, 0) is 17.5 Å². The summed E-state index contributed by atoms with van der Waals surface area (Å²) in [6.07, 6.45) is 1.06. The molecule has 0 radical (unpaired) electrons. The van der Waals surface area contributed by atoms with Crippen molar-refractivity contribution < 1.29 is 9.53 Å². The van der Waals surface area contributed by atoms with Crippen LogP contribution >= 0.6 is 22.9 Å². The second-order valence-corrected chi connectivity index (χ2v) is 8.09. The molecule has 1 aromatic heterocycles. The molecular formula is C16H15ClN2O2S. The number of nitrogens with zero attached hydrogens (tertiary/aromatic N) is 1. The SMILES string of the molecule is CC1(C)CC(=O)C2=C(C1)OC(N)=C(C#N)C2c1ccc(Cl)s1. The van der Waals surface area contributed by atoms with E-state index in [1.807, 2.05) is 19.9 Å². The molecule has 6 heteroatoms. The second kappa shape index (κ2) is 5.15. The van der Waals surface area contributed by atoms with Crippen LogP contribution in [0.1, 0.15) is 37.5 Å². The Morgan fingerprint density at radius 2 is 2.18 bits per heavy atom. The highest BCUT2D eigenvalue weighted by Gasteiger charge is 2.43. The predicted octanol–water partition coefficient (Wildman–Crippen LogP) is 3.85. The van der Waals surface area contributed by atoms with Gasteiger partial charge in [-0.2, -0.15) is 5.26 Å². The minimum absolute atomic E-state index is 0.0148. The van der Waals surface area contributed by atoms with Crippen LogP contribution in [-0.4, -0.2) is 5.78 Å². The van der Waals surface area contributed by atoms with Gasteiger partial charge in [-0.1, -0.05) is 25.4 Å². The van der Waals surface area contributed by atoms with E-state index in [0.29, 0.717) is 28.5 Å². The maximum absolute atomic E-state index is 12.7. The Balaban J connectivity index is 2.17. The van der Waals surface area contributed by atoms with E-state index in [-0.39, 0.29) is 22.7 Å². The Morgan fingerprint density at radius 3 is 2.77 bits per heavy atom. The summed E-state index contributed by atoms with van der Waals surface area (Å²) in [7, 11) is 0. The maximum Gasteiger partial charge on any atom is 0.205 e. The Hall–Kier alpha value is -1.77. The second-order valence-electron chi connectivity index (χ2n) is 6.34. The van der Waals surface area contributed by atoms with Crippen molar-refractivity contribution >= 4 is 28.7 Å². The van der Waals surface area contributed by atoms with Crippen molar-refractivity contribution in [3.63, 3.8) is 0 Å². The number of hydrogen-bond donors (Lipinski definition) is 1. The van der Waals surface area contributed by atoms with Crippen molar-refractivity contribution in [1.82, 2.24) is 0 Å². The van der Waals surface area contributed by atoms with E-state index in [1.165, 1.54) is 11.3 Å². The third-order valence-corrected chi connectivity index (χ3v) is 5.25. The number of rotatable bonds is 1. The van der Waals surface area contributed by atoms with E-state index >= 15 is 0 Å². The van der Waals surface area contributed by atoms with Gasteiger partial charge in [0.05, 0.1) is 10.3 Å². The number of hydrogen-bond acceptors (Lipinski definition) is 5. The molecule has 1 aliphatic heterocycles. The van der Waals surface area contributed by atoms with Crippen LogP contribution in [0, 0.1) is 16.7 Å². The predicted molar refractivity (Wildman–Crippen MR) is 85.0 cm³/mol. The molecule has 4 nitrogen and oxygen atoms in total. The van der Waals surface area contributed by atoms with Crippen LogP contribution in [-0.2, 0) is 9.53 Å². The summed E-state index contributed by atoms with van der Waals surface area (Å²) in [5.41, 5.74) is 6.60. The summed E-state index contributed by atoms with van der Waals surface area (Å²) in [4.78, 5) is 13.5. The number of nitriles is 1. The van der Waals surface area contributed by atoms with Gasteiger partial charge in [-0.3, -0.25) is 4.79 Å². The largest absolute Gasteiger partial charge is 0.444 e. The number of thiophene rings is 1. The fourth-order valence-electron chi connectivity index (χ4n) is 3.05. The Morgan fingerprint density at radius 1 is 1.45 bits per heavy atom. The number of nitrogens with two attached hydrogens (primary N) is 1. The molecule has 0 bridgehead atoms. The summed E-state index contributed by atoms with van der Waals surface area (Å²) in [5.74, 6) is 0.226. The summed E-state index contributed by atoms with van der Waals surface area (Å²) >= 11 is 7.38. The van der Waals surface area contributed by atoms with E-state index < -0.39 is 5.92 Å². The molecule has 22 heavy (non-hydrogen) atoms. The molecule has 0 amide bonds. The molecule has 0 saturated heterocycles. The van der Waals surface area contributed by atoms with Crippen LogP contribution in [0.2, 0.25) is 4.34 Å². The Bertz CT molecular complexity index is 767. The molecule has 114 valence electrons. The lowest BCUT2D eigenvalue weighted by Gasteiger charge is -2.36. The average Bonchev–Trinajstić information content (AvgIpc) is 2.82. The summed E-state index contributed by atoms with van der Waals surface area (Å²) in [6, 6.07) is 5.69. The van der Waals surface area contributed by atoms with E-state index in [9.17, 15) is 10.1 Å². The van der Waals surface area contributed by atoms with E-state index in [1.54, 1.807) is 6.07 Å². The van der Waals surface area contributed by atoms with Crippen LogP contribution in [0.15, 0.2) is 34.9 Å². The molecule has 0 saturated carbocycles. The molecular weight excluding hydrogens is 320 g/mol. The molecule has 1 aromatic rings. The minimum atomic E-state index is -0.463. The Labute approximate surface area is 137 Å². The highest BCUT2D eigenvalue weighted by molar-refractivity contribution is 7.16. The fraction of sp³-hybridized carbons (Fsp3) is 0.375. The number of halogens is 1. The molecule has 1 unspecified atom stereocenters. The molecule has 0 spiro atoms. The maximum atomic E-state index is 12.7. The number of allylic oxidation sites excluding steroid dienone is 3. The number of ketones is 1. The normalized spacial score (nSPS) is 23.9. The highest BCUT2D eigenvalue weighted by Crippen LogP contribution is 2.49. The van der Waals surface area contributed by atoms with Gasteiger partial charge < -0.3 is 10.5 Å². The fourth-order valence-corrected chi connectivity index (χ4v) is 4.23. The zero-order valence-corrected chi connectivity index (χ0v) is 13.8. The van der Waals surface area contributed by atoms with E-state index in [0.717, 1.165) is 4.88 Å². The van der Waals surface area contributed by atoms with Gasteiger partial charge in [-0.25, -0.2) is 0 Å². The van der Waals surface area contributed by atoms with Crippen molar-refractivity contribution in [3.05, 3.63) is 44.1 Å². The summed E-state index contributed by atoms with van der Waals surface area (Å²) in [6.45, 7) is 4.05. The number of carbonyl (C=O) groups is 1. The smallest absolute Gasteiger partial charge is 0.205 e. The first kappa shape index (κ1) is 15.1. The molecule has 0 fully saturated rings. The van der Waals surface area contributed by atoms with Crippen LogP contribution in [0.4, 0.5) is 0 Å². The number of ether oxygens (including phenoxy) is 1. The third kappa shape index (κ3) is 2.43. The van der Waals surface area contributed by atoms with Crippen molar-refractivity contribution in [2.24, 2.45) is 11.1 Å².